The number of hydrogen-bond acceptors (Lipinski definition) is 4. The molecule has 1 heterocycles. The lowest BCUT2D eigenvalue weighted by Crippen LogP contribution is -2.37. The van der Waals surface area contributed by atoms with Crippen LogP contribution in [0.2, 0.25) is 0 Å². The Bertz CT molecular complexity index is 607. The van der Waals surface area contributed by atoms with Crippen LogP contribution in [0.3, 0.4) is 0 Å². The maximum Gasteiger partial charge on any atom is 0.176 e. The molecule has 0 bridgehead atoms. The molecule has 1 aromatic carbocycles. The topological polar surface area (TPSA) is 54.6 Å². The summed E-state index contributed by atoms with van der Waals surface area (Å²) in [6, 6.07) is 8.45. The number of para-hydroxylation sites is 1. The molecule has 1 aromatic heterocycles. The van der Waals surface area contributed by atoms with Crippen molar-refractivity contribution < 1.29 is 14.3 Å². The van der Waals surface area contributed by atoms with Crippen molar-refractivity contribution in [1.82, 2.24) is 5.32 Å². The second kappa shape index (κ2) is 6.08. The van der Waals surface area contributed by atoms with Crippen molar-refractivity contribution in [1.29, 1.82) is 0 Å². The zero-order chi connectivity index (χ0) is 14.8. The Morgan fingerprint density at radius 2 is 2.24 bits per heavy atom. The van der Waals surface area contributed by atoms with E-state index in [0.29, 0.717) is 6.04 Å². The quantitative estimate of drug-likeness (QED) is 0.906. The van der Waals surface area contributed by atoms with Crippen molar-refractivity contribution in [2.45, 2.75) is 50.8 Å². The van der Waals surface area contributed by atoms with Gasteiger partial charge in [0.1, 0.15) is 5.76 Å². The number of benzene rings is 1. The summed E-state index contributed by atoms with van der Waals surface area (Å²) >= 11 is 0. The Kier molecular flexibility index (Phi) is 4.17. The molecule has 0 radical (unpaired) electrons. The number of rotatable bonds is 4. The van der Waals surface area contributed by atoms with Gasteiger partial charge in [-0.3, -0.25) is 0 Å². The third-order valence-electron chi connectivity index (χ3n) is 4.31. The van der Waals surface area contributed by atoms with Gasteiger partial charge >= 0.3 is 0 Å². The van der Waals surface area contributed by atoms with E-state index in [-0.39, 0.29) is 12.1 Å². The van der Waals surface area contributed by atoms with Crippen LogP contribution in [0, 0.1) is 0 Å². The van der Waals surface area contributed by atoms with E-state index < -0.39 is 0 Å². The van der Waals surface area contributed by atoms with Gasteiger partial charge in [0.15, 0.2) is 11.3 Å². The second-order valence-electron chi connectivity index (χ2n) is 5.93. The molecule has 1 fully saturated rings. The van der Waals surface area contributed by atoms with Crippen LogP contribution in [0.5, 0.6) is 5.75 Å². The molecule has 2 N–H and O–H groups in total. The first kappa shape index (κ1) is 14.4. The highest BCUT2D eigenvalue weighted by molar-refractivity contribution is 5.83. The fraction of sp³-hybridized carbons (Fsp3) is 0.529. The lowest BCUT2D eigenvalue weighted by molar-refractivity contribution is 0.108. The van der Waals surface area contributed by atoms with Gasteiger partial charge in [-0.1, -0.05) is 12.1 Å². The Hall–Kier alpha value is -1.52. The van der Waals surface area contributed by atoms with Gasteiger partial charge < -0.3 is 19.6 Å². The third kappa shape index (κ3) is 3.06. The minimum absolute atomic E-state index is 0.123. The van der Waals surface area contributed by atoms with Gasteiger partial charge in [-0.05, 0) is 44.7 Å². The number of ether oxygens (including phenoxy) is 1. The molecule has 0 aliphatic heterocycles. The molecule has 4 nitrogen and oxygen atoms in total. The maximum absolute atomic E-state index is 9.77. The zero-order valence-corrected chi connectivity index (χ0v) is 12.6. The Balaban J connectivity index is 1.76. The predicted molar refractivity (Wildman–Crippen MR) is 82.6 cm³/mol. The molecule has 3 rings (SSSR count). The van der Waals surface area contributed by atoms with Crippen molar-refractivity contribution in [2.24, 2.45) is 0 Å². The summed E-state index contributed by atoms with van der Waals surface area (Å²) < 4.78 is 11.3. The van der Waals surface area contributed by atoms with E-state index in [2.05, 4.69) is 18.3 Å². The van der Waals surface area contributed by atoms with Crippen LogP contribution in [-0.4, -0.2) is 24.4 Å². The van der Waals surface area contributed by atoms with Crippen LogP contribution in [0.25, 0.3) is 11.0 Å². The van der Waals surface area contributed by atoms with Crippen molar-refractivity contribution in [3.63, 3.8) is 0 Å². The number of aliphatic hydroxyl groups excluding tert-OH is 1. The SMILES string of the molecule is COc1cccc2cc(C(C)NC3CCCC(O)C3)oc12. The fourth-order valence-electron chi connectivity index (χ4n) is 3.18. The number of aliphatic hydroxyl groups is 1. The first-order valence-electron chi connectivity index (χ1n) is 7.68. The van der Waals surface area contributed by atoms with Crippen molar-refractivity contribution in [2.75, 3.05) is 7.11 Å². The van der Waals surface area contributed by atoms with Crippen LogP contribution in [0.1, 0.15) is 44.4 Å². The molecule has 1 saturated carbocycles. The number of nitrogens with one attached hydrogen (secondary N) is 1. The summed E-state index contributed by atoms with van der Waals surface area (Å²) in [7, 11) is 1.65. The fourth-order valence-corrected chi connectivity index (χ4v) is 3.18. The van der Waals surface area contributed by atoms with E-state index in [1.807, 2.05) is 18.2 Å². The predicted octanol–water partition coefficient (Wildman–Crippen LogP) is 3.40. The van der Waals surface area contributed by atoms with Crippen molar-refractivity contribution in [3.05, 3.63) is 30.0 Å². The minimum atomic E-state index is -0.167. The molecule has 0 amide bonds. The summed E-state index contributed by atoms with van der Waals surface area (Å²) in [5.74, 6) is 1.67. The average molecular weight is 289 g/mol. The van der Waals surface area contributed by atoms with Crippen LogP contribution in [-0.2, 0) is 0 Å². The van der Waals surface area contributed by atoms with Gasteiger partial charge in [-0.15, -0.1) is 0 Å². The summed E-state index contributed by atoms with van der Waals surface area (Å²) in [6.45, 7) is 2.10. The third-order valence-corrected chi connectivity index (χ3v) is 4.31. The number of methoxy groups -OCH3 is 1. The molecule has 0 spiro atoms. The van der Waals surface area contributed by atoms with Gasteiger partial charge in [0.2, 0.25) is 0 Å². The van der Waals surface area contributed by atoms with Gasteiger partial charge in [-0.2, -0.15) is 0 Å². The summed E-state index contributed by atoms with van der Waals surface area (Å²) in [5.41, 5.74) is 0.798. The first-order chi connectivity index (χ1) is 10.2. The summed E-state index contributed by atoms with van der Waals surface area (Å²) in [5, 5.41) is 14.4. The average Bonchev–Trinajstić information content (AvgIpc) is 2.91. The van der Waals surface area contributed by atoms with E-state index >= 15 is 0 Å². The first-order valence-corrected chi connectivity index (χ1v) is 7.68. The highest BCUT2D eigenvalue weighted by Gasteiger charge is 2.23. The molecule has 21 heavy (non-hydrogen) atoms. The van der Waals surface area contributed by atoms with E-state index in [1.54, 1.807) is 7.11 Å². The molecule has 1 aliphatic rings. The number of fused-ring (bicyclic) bond motifs is 1. The molecule has 3 unspecified atom stereocenters. The van der Waals surface area contributed by atoms with Crippen LogP contribution < -0.4 is 10.1 Å². The molecular weight excluding hydrogens is 266 g/mol. The molecule has 4 heteroatoms. The normalized spacial score (nSPS) is 24.1. The lowest BCUT2D eigenvalue weighted by atomic mass is 9.92. The Morgan fingerprint density at radius 3 is 3.00 bits per heavy atom. The van der Waals surface area contributed by atoms with Crippen LogP contribution in [0.15, 0.2) is 28.7 Å². The monoisotopic (exact) mass is 289 g/mol. The van der Waals surface area contributed by atoms with Crippen LogP contribution in [0.4, 0.5) is 0 Å². The Labute approximate surface area is 125 Å². The zero-order valence-electron chi connectivity index (χ0n) is 12.6. The standard InChI is InChI=1S/C17H23NO3/c1-11(18-13-6-4-7-14(19)10-13)16-9-12-5-3-8-15(20-2)17(12)21-16/h3,5,8-9,11,13-14,18-19H,4,6-7,10H2,1-2H3. The van der Waals surface area contributed by atoms with E-state index in [0.717, 1.165) is 48.2 Å². The van der Waals surface area contributed by atoms with Gasteiger partial charge in [0, 0.05) is 11.4 Å². The minimum Gasteiger partial charge on any atom is -0.493 e. The van der Waals surface area contributed by atoms with Gasteiger partial charge in [0.25, 0.3) is 0 Å². The summed E-state index contributed by atoms with van der Waals surface area (Å²) in [6.07, 6.45) is 3.78. The molecule has 1 aliphatic carbocycles. The van der Waals surface area contributed by atoms with Crippen molar-refractivity contribution >= 4 is 11.0 Å². The smallest absolute Gasteiger partial charge is 0.176 e. The molecule has 0 saturated heterocycles. The Morgan fingerprint density at radius 1 is 1.38 bits per heavy atom. The van der Waals surface area contributed by atoms with E-state index in [4.69, 9.17) is 9.15 Å². The van der Waals surface area contributed by atoms with Gasteiger partial charge in [-0.25, -0.2) is 0 Å². The molecule has 114 valence electrons. The lowest BCUT2D eigenvalue weighted by Gasteiger charge is -2.28. The van der Waals surface area contributed by atoms with Crippen LogP contribution >= 0.6 is 0 Å². The second-order valence-corrected chi connectivity index (χ2v) is 5.93. The summed E-state index contributed by atoms with van der Waals surface area (Å²) in [4.78, 5) is 0. The number of furan rings is 1. The highest BCUT2D eigenvalue weighted by Crippen LogP contribution is 2.31. The van der Waals surface area contributed by atoms with Gasteiger partial charge in [0.05, 0.1) is 19.3 Å². The highest BCUT2D eigenvalue weighted by atomic mass is 16.5. The maximum atomic E-state index is 9.77. The van der Waals surface area contributed by atoms with Crippen molar-refractivity contribution in [3.8, 4) is 5.75 Å². The molecule has 2 aromatic rings. The molecular formula is C17H23NO3. The largest absolute Gasteiger partial charge is 0.493 e. The number of hydrogen-bond donors (Lipinski definition) is 2. The molecule has 3 atom stereocenters. The van der Waals surface area contributed by atoms with E-state index in [9.17, 15) is 5.11 Å². The van der Waals surface area contributed by atoms with E-state index in [1.165, 1.54) is 0 Å².